The summed E-state index contributed by atoms with van der Waals surface area (Å²) in [6.45, 7) is 10.6. The lowest BCUT2D eigenvalue weighted by atomic mass is 10.2. The van der Waals surface area contributed by atoms with Crippen molar-refractivity contribution in [2.45, 2.75) is 33.0 Å². The van der Waals surface area contributed by atoms with Gasteiger partial charge in [-0.2, -0.15) is 5.10 Å². The maximum Gasteiger partial charge on any atom is 0.140 e. The Labute approximate surface area is 122 Å². The lowest BCUT2D eigenvalue weighted by Crippen LogP contribution is -2.53. The molecule has 1 N–H and O–H groups in total. The second-order valence-electron chi connectivity index (χ2n) is 6.28. The number of nitrogens with zero attached hydrogens (tertiary/aromatic N) is 5. The summed E-state index contributed by atoms with van der Waals surface area (Å²) in [6, 6.07) is 0.579. The number of hydrogen-bond acceptors (Lipinski definition) is 5. The molecule has 1 aliphatic heterocycles. The molecule has 0 aromatic carbocycles. The van der Waals surface area contributed by atoms with Gasteiger partial charge < -0.3 is 10.2 Å². The van der Waals surface area contributed by atoms with E-state index in [-0.39, 0.29) is 0 Å². The van der Waals surface area contributed by atoms with Gasteiger partial charge in [0.1, 0.15) is 12.2 Å². The lowest BCUT2D eigenvalue weighted by Gasteiger charge is -2.37. The molecule has 1 aromatic rings. The first kappa shape index (κ1) is 15.4. The second-order valence-corrected chi connectivity index (χ2v) is 6.28. The Bertz CT molecular complexity index is 402. The molecular formula is C14H28N6. The topological polar surface area (TPSA) is 49.2 Å². The lowest BCUT2D eigenvalue weighted by molar-refractivity contribution is 0.113. The van der Waals surface area contributed by atoms with Crippen LogP contribution in [0.3, 0.4) is 0 Å². The van der Waals surface area contributed by atoms with E-state index in [1.54, 1.807) is 6.33 Å². The summed E-state index contributed by atoms with van der Waals surface area (Å²) in [6.07, 6.45) is 1.65. The summed E-state index contributed by atoms with van der Waals surface area (Å²) in [4.78, 5) is 9.18. The molecule has 1 saturated heterocycles. The summed E-state index contributed by atoms with van der Waals surface area (Å²) < 4.78 is 2.01. The van der Waals surface area contributed by atoms with Crippen LogP contribution in [0.15, 0.2) is 6.33 Å². The predicted octanol–water partition coefficient (Wildman–Crippen LogP) is 0.270. The zero-order valence-corrected chi connectivity index (χ0v) is 13.2. The maximum absolute atomic E-state index is 4.35. The van der Waals surface area contributed by atoms with Gasteiger partial charge in [-0.25, -0.2) is 9.67 Å². The van der Waals surface area contributed by atoms with Crippen LogP contribution in [-0.4, -0.2) is 70.9 Å². The van der Waals surface area contributed by atoms with E-state index in [2.05, 4.69) is 53.1 Å². The molecular weight excluding hydrogens is 252 g/mol. The van der Waals surface area contributed by atoms with Crippen molar-refractivity contribution in [1.82, 2.24) is 29.9 Å². The number of likely N-dealkylation sites (N-methyl/N-ethyl adjacent to an activating group) is 2. The summed E-state index contributed by atoms with van der Waals surface area (Å²) in [5.41, 5.74) is 0. The van der Waals surface area contributed by atoms with Crippen LogP contribution >= 0.6 is 0 Å². The third-order valence-electron chi connectivity index (χ3n) is 3.88. The van der Waals surface area contributed by atoms with Crippen LogP contribution in [0.4, 0.5) is 0 Å². The largest absolute Gasteiger partial charge is 0.308 e. The van der Waals surface area contributed by atoms with E-state index in [1.165, 1.54) is 0 Å². The third-order valence-corrected chi connectivity index (χ3v) is 3.88. The summed E-state index contributed by atoms with van der Waals surface area (Å²) in [5.74, 6) is 1.62. The third kappa shape index (κ3) is 4.26. The fraction of sp³-hybridized carbons (Fsp3) is 0.857. The molecule has 1 fully saturated rings. The second kappa shape index (κ2) is 7.15. The van der Waals surface area contributed by atoms with Crippen molar-refractivity contribution in [2.75, 3.05) is 40.3 Å². The van der Waals surface area contributed by atoms with Gasteiger partial charge in [-0.1, -0.05) is 13.8 Å². The first-order chi connectivity index (χ1) is 9.56. The van der Waals surface area contributed by atoms with Gasteiger partial charge in [0.25, 0.3) is 0 Å². The molecule has 1 atom stereocenters. The van der Waals surface area contributed by atoms with Crippen LogP contribution in [0.1, 0.15) is 19.7 Å². The first-order valence-corrected chi connectivity index (χ1v) is 7.52. The van der Waals surface area contributed by atoms with Crippen molar-refractivity contribution in [3.63, 3.8) is 0 Å². The van der Waals surface area contributed by atoms with Gasteiger partial charge in [-0.05, 0) is 20.0 Å². The Balaban J connectivity index is 1.79. The van der Waals surface area contributed by atoms with Gasteiger partial charge in [-0.3, -0.25) is 4.90 Å². The molecule has 2 heterocycles. The Morgan fingerprint density at radius 1 is 1.35 bits per heavy atom. The van der Waals surface area contributed by atoms with Crippen molar-refractivity contribution in [1.29, 1.82) is 0 Å². The number of rotatable bonds is 6. The van der Waals surface area contributed by atoms with Gasteiger partial charge in [-0.15, -0.1) is 0 Å². The van der Waals surface area contributed by atoms with Gasteiger partial charge in [0.15, 0.2) is 0 Å². The van der Waals surface area contributed by atoms with Gasteiger partial charge >= 0.3 is 0 Å². The summed E-state index contributed by atoms with van der Waals surface area (Å²) in [5, 5.41) is 7.83. The SMILES string of the molecule is CC(C)Cn1ncnc1CNCC1CN(C)CCN1C. The maximum atomic E-state index is 4.35. The molecule has 0 bridgehead atoms. The fourth-order valence-electron chi connectivity index (χ4n) is 2.60. The molecule has 0 spiro atoms. The molecule has 1 aromatic heterocycles. The van der Waals surface area contributed by atoms with E-state index in [4.69, 9.17) is 0 Å². The Kier molecular flexibility index (Phi) is 5.51. The van der Waals surface area contributed by atoms with Gasteiger partial charge in [0.2, 0.25) is 0 Å². The van der Waals surface area contributed by atoms with Crippen molar-refractivity contribution in [2.24, 2.45) is 5.92 Å². The number of piperazine rings is 1. The van der Waals surface area contributed by atoms with E-state index in [0.717, 1.165) is 45.1 Å². The quantitative estimate of drug-likeness (QED) is 0.810. The normalized spacial score (nSPS) is 21.8. The van der Waals surface area contributed by atoms with E-state index in [1.807, 2.05) is 4.68 Å². The summed E-state index contributed by atoms with van der Waals surface area (Å²) in [7, 11) is 4.40. The molecule has 1 unspecified atom stereocenters. The highest BCUT2D eigenvalue weighted by Crippen LogP contribution is 2.05. The zero-order chi connectivity index (χ0) is 14.5. The van der Waals surface area contributed by atoms with Crippen molar-refractivity contribution < 1.29 is 0 Å². The average molecular weight is 280 g/mol. The smallest absolute Gasteiger partial charge is 0.140 e. The predicted molar refractivity (Wildman–Crippen MR) is 80.5 cm³/mol. The zero-order valence-electron chi connectivity index (χ0n) is 13.2. The van der Waals surface area contributed by atoms with E-state index in [0.29, 0.717) is 12.0 Å². The van der Waals surface area contributed by atoms with E-state index in [9.17, 15) is 0 Å². The number of aromatic nitrogens is 3. The Morgan fingerprint density at radius 3 is 2.90 bits per heavy atom. The highest BCUT2D eigenvalue weighted by molar-refractivity contribution is 4.86. The van der Waals surface area contributed by atoms with Gasteiger partial charge in [0, 0.05) is 38.8 Å². The number of hydrogen-bond donors (Lipinski definition) is 1. The molecule has 0 amide bonds. The van der Waals surface area contributed by atoms with E-state index < -0.39 is 0 Å². The Hall–Kier alpha value is -0.980. The average Bonchev–Trinajstić information content (AvgIpc) is 2.80. The first-order valence-electron chi connectivity index (χ1n) is 7.52. The molecule has 0 saturated carbocycles. The van der Waals surface area contributed by atoms with Crippen molar-refractivity contribution >= 4 is 0 Å². The van der Waals surface area contributed by atoms with Crippen LogP contribution in [0, 0.1) is 5.92 Å². The minimum atomic E-state index is 0.579. The monoisotopic (exact) mass is 280 g/mol. The molecule has 6 nitrogen and oxygen atoms in total. The minimum Gasteiger partial charge on any atom is -0.308 e. The minimum absolute atomic E-state index is 0.579. The Morgan fingerprint density at radius 2 is 2.15 bits per heavy atom. The van der Waals surface area contributed by atoms with Crippen LogP contribution in [0.25, 0.3) is 0 Å². The van der Waals surface area contributed by atoms with Crippen molar-refractivity contribution in [3.05, 3.63) is 12.2 Å². The summed E-state index contributed by atoms with van der Waals surface area (Å²) >= 11 is 0. The van der Waals surface area contributed by atoms with Crippen LogP contribution in [-0.2, 0) is 13.1 Å². The highest BCUT2D eigenvalue weighted by Gasteiger charge is 2.21. The molecule has 2 rings (SSSR count). The van der Waals surface area contributed by atoms with Crippen LogP contribution in [0.2, 0.25) is 0 Å². The van der Waals surface area contributed by atoms with Crippen LogP contribution in [0.5, 0.6) is 0 Å². The van der Waals surface area contributed by atoms with Crippen LogP contribution < -0.4 is 5.32 Å². The fourth-order valence-corrected chi connectivity index (χ4v) is 2.60. The molecule has 114 valence electrons. The molecule has 6 heteroatoms. The highest BCUT2D eigenvalue weighted by atomic mass is 15.3. The molecule has 0 radical (unpaired) electrons. The molecule has 1 aliphatic rings. The standard InChI is InChI=1S/C14H28N6/c1-12(2)9-20-14(16-11-17-20)8-15-7-13-10-18(3)5-6-19(13)4/h11-13,15H,5-10H2,1-4H3. The van der Waals surface area contributed by atoms with E-state index >= 15 is 0 Å². The van der Waals surface area contributed by atoms with Crippen molar-refractivity contribution in [3.8, 4) is 0 Å². The molecule has 0 aliphatic carbocycles. The van der Waals surface area contributed by atoms with Gasteiger partial charge in [0.05, 0.1) is 6.54 Å². The number of nitrogens with one attached hydrogen (secondary N) is 1. The molecule has 20 heavy (non-hydrogen) atoms.